The van der Waals surface area contributed by atoms with E-state index in [0.29, 0.717) is 6.04 Å². The van der Waals surface area contributed by atoms with Crippen LogP contribution in [0.2, 0.25) is 0 Å². The van der Waals surface area contributed by atoms with E-state index in [-0.39, 0.29) is 18.0 Å². The molecule has 92 valence electrons. The van der Waals surface area contributed by atoms with Crippen LogP contribution >= 0.6 is 0 Å². The number of nitrogens with zero attached hydrogens (tertiary/aromatic N) is 1. The number of carbonyl (C=O) groups excluding carboxylic acids is 1. The van der Waals surface area contributed by atoms with Crippen molar-refractivity contribution in [3.8, 4) is 0 Å². The predicted molar refractivity (Wildman–Crippen MR) is 63.2 cm³/mol. The van der Waals surface area contributed by atoms with Gasteiger partial charge in [-0.2, -0.15) is 0 Å². The van der Waals surface area contributed by atoms with Crippen LogP contribution in [0.5, 0.6) is 0 Å². The summed E-state index contributed by atoms with van der Waals surface area (Å²) in [6, 6.07) is 0.505. The van der Waals surface area contributed by atoms with E-state index in [9.17, 15) is 4.79 Å². The monoisotopic (exact) mass is 225 g/mol. The van der Waals surface area contributed by atoms with E-state index in [1.54, 1.807) is 0 Å². The number of hydrogen-bond donors (Lipinski definition) is 0. The van der Waals surface area contributed by atoms with E-state index in [1.165, 1.54) is 38.8 Å². The lowest BCUT2D eigenvalue weighted by Gasteiger charge is -2.43. The minimum absolute atomic E-state index is 0.000956. The molecule has 0 amide bonds. The second-order valence-corrected chi connectivity index (χ2v) is 5.37. The maximum Gasteiger partial charge on any atom is 0.308 e. The SMILES string of the molecule is CC(C)C(=O)O[C@H]1CCCN2CCCC[C@@H]12. The quantitative estimate of drug-likeness (QED) is 0.675. The summed E-state index contributed by atoms with van der Waals surface area (Å²) in [6.45, 7) is 6.20. The fraction of sp³-hybridized carbons (Fsp3) is 0.923. The molecular weight excluding hydrogens is 202 g/mol. The van der Waals surface area contributed by atoms with E-state index in [2.05, 4.69) is 4.90 Å². The lowest BCUT2D eigenvalue weighted by atomic mass is 9.90. The maximum atomic E-state index is 11.6. The van der Waals surface area contributed by atoms with Gasteiger partial charge in [0.15, 0.2) is 0 Å². The van der Waals surface area contributed by atoms with E-state index < -0.39 is 0 Å². The molecule has 2 heterocycles. The lowest BCUT2D eigenvalue weighted by molar-refractivity contribution is -0.160. The molecule has 2 atom stereocenters. The highest BCUT2D eigenvalue weighted by Gasteiger charge is 2.35. The average Bonchev–Trinajstić information content (AvgIpc) is 2.29. The summed E-state index contributed by atoms with van der Waals surface area (Å²) in [5.41, 5.74) is 0. The van der Waals surface area contributed by atoms with E-state index in [4.69, 9.17) is 4.74 Å². The molecule has 0 N–H and O–H groups in total. The Bertz CT molecular complexity index is 250. The van der Waals surface area contributed by atoms with Gasteiger partial charge < -0.3 is 4.74 Å². The first-order valence-electron chi connectivity index (χ1n) is 6.63. The van der Waals surface area contributed by atoms with Gasteiger partial charge in [-0.05, 0) is 38.8 Å². The molecule has 3 heteroatoms. The number of hydrogen-bond acceptors (Lipinski definition) is 3. The third-order valence-corrected chi connectivity index (χ3v) is 3.77. The number of carbonyl (C=O) groups is 1. The van der Waals surface area contributed by atoms with Gasteiger partial charge in [0, 0.05) is 6.04 Å². The Kier molecular flexibility index (Phi) is 3.85. The molecule has 2 saturated heterocycles. The second kappa shape index (κ2) is 5.17. The number of ether oxygens (including phenoxy) is 1. The molecule has 0 saturated carbocycles. The molecule has 0 aromatic rings. The van der Waals surface area contributed by atoms with E-state index in [1.807, 2.05) is 13.8 Å². The minimum Gasteiger partial charge on any atom is -0.461 e. The van der Waals surface area contributed by atoms with Gasteiger partial charge in [-0.25, -0.2) is 0 Å². The molecule has 3 nitrogen and oxygen atoms in total. The van der Waals surface area contributed by atoms with Gasteiger partial charge in [0.1, 0.15) is 6.10 Å². The molecule has 0 aliphatic carbocycles. The van der Waals surface area contributed by atoms with Crippen molar-refractivity contribution in [1.29, 1.82) is 0 Å². The lowest BCUT2D eigenvalue weighted by Crippen LogP contribution is -2.52. The first-order chi connectivity index (χ1) is 7.68. The van der Waals surface area contributed by atoms with Crippen LogP contribution in [0.15, 0.2) is 0 Å². The van der Waals surface area contributed by atoms with Crippen LogP contribution in [0.1, 0.15) is 46.0 Å². The summed E-state index contributed by atoms with van der Waals surface area (Å²) >= 11 is 0. The fourth-order valence-electron chi connectivity index (χ4n) is 2.83. The zero-order valence-electron chi connectivity index (χ0n) is 10.4. The highest BCUT2D eigenvalue weighted by atomic mass is 16.5. The van der Waals surface area contributed by atoms with Crippen LogP contribution < -0.4 is 0 Å². The van der Waals surface area contributed by atoms with Crippen molar-refractivity contribution in [2.45, 2.75) is 58.1 Å². The first-order valence-corrected chi connectivity index (χ1v) is 6.63. The maximum absolute atomic E-state index is 11.6. The van der Waals surface area contributed by atoms with Crippen LogP contribution in [0, 0.1) is 5.92 Å². The number of esters is 1. The highest BCUT2D eigenvalue weighted by Crippen LogP contribution is 2.28. The number of rotatable bonds is 2. The Morgan fingerprint density at radius 1 is 1.19 bits per heavy atom. The highest BCUT2D eigenvalue weighted by molar-refractivity contribution is 5.71. The van der Waals surface area contributed by atoms with Crippen LogP contribution in [-0.2, 0) is 9.53 Å². The van der Waals surface area contributed by atoms with Crippen LogP contribution in [0.4, 0.5) is 0 Å². The number of fused-ring (bicyclic) bond motifs is 1. The van der Waals surface area contributed by atoms with Crippen molar-refractivity contribution in [3.63, 3.8) is 0 Å². The third-order valence-electron chi connectivity index (χ3n) is 3.77. The summed E-state index contributed by atoms with van der Waals surface area (Å²) in [5, 5.41) is 0. The van der Waals surface area contributed by atoms with Gasteiger partial charge in [-0.1, -0.05) is 20.3 Å². The van der Waals surface area contributed by atoms with Crippen molar-refractivity contribution >= 4 is 5.97 Å². The molecular formula is C13H23NO2. The molecule has 0 aromatic carbocycles. The van der Waals surface area contributed by atoms with Gasteiger partial charge >= 0.3 is 5.97 Å². The molecule has 0 spiro atoms. The van der Waals surface area contributed by atoms with Crippen molar-refractivity contribution < 1.29 is 9.53 Å². The standard InChI is InChI=1S/C13H23NO2/c1-10(2)13(15)16-12-7-5-9-14-8-4-3-6-11(12)14/h10-12H,3-9H2,1-2H3/t11-,12-/m0/s1. The Morgan fingerprint density at radius 2 is 1.94 bits per heavy atom. The van der Waals surface area contributed by atoms with Crippen molar-refractivity contribution in [2.75, 3.05) is 13.1 Å². The van der Waals surface area contributed by atoms with Gasteiger partial charge in [-0.3, -0.25) is 9.69 Å². The van der Waals surface area contributed by atoms with E-state index in [0.717, 1.165) is 6.42 Å². The second-order valence-electron chi connectivity index (χ2n) is 5.37. The normalized spacial score (nSPS) is 31.2. The average molecular weight is 225 g/mol. The predicted octanol–water partition coefficient (Wildman–Crippen LogP) is 2.20. The zero-order valence-corrected chi connectivity index (χ0v) is 10.4. The minimum atomic E-state index is -0.0302. The van der Waals surface area contributed by atoms with Gasteiger partial charge in [0.2, 0.25) is 0 Å². The molecule has 0 unspecified atom stereocenters. The molecule has 16 heavy (non-hydrogen) atoms. The Hall–Kier alpha value is -0.570. The van der Waals surface area contributed by atoms with Crippen LogP contribution in [0.3, 0.4) is 0 Å². The van der Waals surface area contributed by atoms with Gasteiger partial charge in [-0.15, -0.1) is 0 Å². The first kappa shape index (κ1) is 11.9. The molecule has 2 aliphatic heterocycles. The smallest absolute Gasteiger partial charge is 0.308 e. The van der Waals surface area contributed by atoms with Crippen molar-refractivity contribution in [1.82, 2.24) is 4.90 Å². The summed E-state index contributed by atoms with van der Waals surface area (Å²) < 4.78 is 5.64. The fourth-order valence-corrected chi connectivity index (χ4v) is 2.83. The van der Waals surface area contributed by atoms with Crippen LogP contribution in [-0.4, -0.2) is 36.1 Å². The zero-order chi connectivity index (χ0) is 11.5. The molecule has 2 rings (SSSR count). The van der Waals surface area contributed by atoms with E-state index >= 15 is 0 Å². The topological polar surface area (TPSA) is 29.5 Å². The van der Waals surface area contributed by atoms with Gasteiger partial charge in [0.05, 0.1) is 5.92 Å². The summed E-state index contributed by atoms with van der Waals surface area (Å²) in [5.74, 6) is -0.0311. The third kappa shape index (κ3) is 2.57. The van der Waals surface area contributed by atoms with Crippen molar-refractivity contribution in [3.05, 3.63) is 0 Å². The largest absolute Gasteiger partial charge is 0.461 e. The molecule has 2 fully saturated rings. The van der Waals surface area contributed by atoms with Crippen LogP contribution in [0.25, 0.3) is 0 Å². The van der Waals surface area contributed by atoms with Crippen molar-refractivity contribution in [2.24, 2.45) is 5.92 Å². The summed E-state index contributed by atoms with van der Waals surface area (Å²) in [7, 11) is 0. The molecule has 2 aliphatic rings. The number of piperidine rings is 2. The summed E-state index contributed by atoms with van der Waals surface area (Å²) in [4.78, 5) is 14.2. The Labute approximate surface area is 98.1 Å². The molecule has 0 bridgehead atoms. The summed E-state index contributed by atoms with van der Waals surface area (Å²) in [6.07, 6.45) is 6.18. The Balaban J connectivity index is 1.94. The van der Waals surface area contributed by atoms with Gasteiger partial charge in [0.25, 0.3) is 0 Å². The Morgan fingerprint density at radius 3 is 2.69 bits per heavy atom. The molecule has 0 aromatic heterocycles. The molecule has 0 radical (unpaired) electrons.